The molecular weight excluding hydrogens is 305 g/mol. The van der Waals surface area contributed by atoms with Crippen LogP contribution in [0.2, 0.25) is 0 Å². The zero-order valence-electron chi connectivity index (χ0n) is 11.1. The lowest BCUT2D eigenvalue weighted by Gasteiger charge is -2.20. The molecule has 0 saturated carbocycles. The SMILES string of the molecule is CC(C)C(COc1cccc(F)c1C#N)CS(=O)(=O)Cl. The first-order chi connectivity index (χ1) is 9.24. The highest BCUT2D eigenvalue weighted by atomic mass is 35.7. The second-order valence-corrected chi connectivity index (χ2v) is 7.57. The molecule has 0 aliphatic heterocycles. The summed E-state index contributed by atoms with van der Waals surface area (Å²) in [5.41, 5.74) is -0.191. The molecule has 0 saturated heterocycles. The molecule has 7 heteroatoms. The molecule has 0 radical (unpaired) electrons. The number of benzene rings is 1. The largest absolute Gasteiger partial charge is 0.492 e. The molecule has 0 aliphatic carbocycles. The van der Waals surface area contributed by atoms with E-state index in [4.69, 9.17) is 20.7 Å². The smallest absolute Gasteiger partial charge is 0.233 e. The summed E-state index contributed by atoms with van der Waals surface area (Å²) in [5, 5.41) is 8.87. The molecule has 0 amide bonds. The highest BCUT2D eigenvalue weighted by Gasteiger charge is 2.22. The van der Waals surface area contributed by atoms with E-state index >= 15 is 0 Å². The highest BCUT2D eigenvalue weighted by Crippen LogP contribution is 2.23. The molecule has 0 fully saturated rings. The third-order valence-corrected chi connectivity index (χ3v) is 4.10. The Bertz CT molecular complexity index is 611. The second kappa shape index (κ2) is 6.91. The third kappa shape index (κ3) is 4.99. The van der Waals surface area contributed by atoms with E-state index in [-0.39, 0.29) is 35.5 Å². The van der Waals surface area contributed by atoms with E-state index in [1.54, 1.807) is 6.07 Å². The van der Waals surface area contributed by atoms with Crippen molar-refractivity contribution in [2.75, 3.05) is 12.4 Å². The summed E-state index contributed by atoms with van der Waals surface area (Å²) < 4.78 is 41.0. The minimum atomic E-state index is -3.64. The third-order valence-electron chi connectivity index (χ3n) is 2.90. The van der Waals surface area contributed by atoms with Crippen LogP contribution in [0.1, 0.15) is 19.4 Å². The molecule has 1 rings (SSSR count). The molecule has 20 heavy (non-hydrogen) atoms. The van der Waals surface area contributed by atoms with Crippen molar-refractivity contribution in [3.05, 3.63) is 29.6 Å². The van der Waals surface area contributed by atoms with Crippen molar-refractivity contribution in [3.8, 4) is 11.8 Å². The fourth-order valence-electron chi connectivity index (χ4n) is 1.62. The van der Waals surface area contributed by atoms with Crippen molar-refractivity contribution in [3.63, 3.8) is 0 Å². The van der Waals surface area contributed by atoms with Crippen LogP contribution in [0, 0.1) is 29.0 Å². The van der Waals surface area contributed by atoms with Crippen LogP contribution in [0.25, 0.3) is 0 Å². The number of hydrogen-bond donors (Lipinski definition) is 0. The summed E-state index contributed by atoms with van der Waals surface area (Å²) in [6, 6.07) is 5.77. The van der Waals surface area contributed by atoms with Gasteiger partial charge in [-0.25, -0.2) is 12.8 Å². The molecule has 0 bridgehead atoms. The first-order valence-corrected chi connectivity index (χ1v) is 8.46. The number of rotatable bonds is 6. The van der Waals surface area contributed by atoms with E-state index in [0.29, 0.717) is 0 Å². The fourth-order valence-corrected chi connectivity index (χ4v) is 3.10. The van der Waals surface area contributed by atoms with Gasteiger partial charge in [-0.1, -0.05) is 19.9 Å². The van der Waals surface area contributed by atoms with Gasteiger partial charge >= 0.3 is 0 Å². The topological polar surface area (TPSA) is 67.2 Å². The van der Waals surface area contributed by atoms with Crippen molar-refractivity contribution in [2.45, 2.75) is 13.8 Å². The number of nitriles is 1. The molecule has 1 aromatic rings. The Hall–Kier alpha value is -1.32. The van der Waals surface area contributed by atoms with Gasteiger partial charge in [-0.3, -0.25) is 0 Å². The van der Waals surface area contributed by atoms with Crippen molar-refractivity contribution >= 4 is 19.7 Å². The van der Waals surface area contributed by atoms with Crippen LogP contribution in [-0.4, -0.2) is 20.8 Å². The van der Waals surface area contributed by atoms with Gasteiger partial charge in [-0.2, -0.15) is 5.26 Å². The van der Waals surface area contributed by atoms with Crippen LogP contribution in [0.3, 0.4) is 0 Å². The maximum Gasteiger partial charge on any atom is 0.233 e. The van der Waals surface area contributed by atoms with Gasteiger partial charge in [-0.15, -0.1) is 0 Å². The van der Waals surface area contributed by atoms with Gasteiger partial charge in [0.25, 0.3) is 0 Å². The van der Waals surface area contributed by atoms with Crippen LogP contribution in [-0.2, 0) is 9.05 Å². The van der Waals surface area contributed by atoms with Crippen molar-refractivity contribution in [2.24, 2.45) is 11.8 Å². The average molecular weight is 320 g/mol. The van der Waals surface area contributed by atoms with E-state index in [2.05, 4.69) is 0 Å². The van der Waals surface area contributed by atoms with Crippen LogP contribution < -0.4 is 4.74 Å². The monoisotopic (exact) mass is 319 g/mol. The zero-order valence-corrected chi connectivity index (χ0v) is 12.7. The lowest BCUT2D eigenvalue weighted by molar-refractivity contribution is 0.224. The maximum atomic E-state index is 13.4. The maximum absolute atomic E-state index is 13.4. The summed E-state index contributed by atoms with van der Waals surface area (Å²) >= 11 is 0. The molecule has 0 aromatic heterocycles. The van der Waals surface area contributed by atoms with Gasteiger partial charge in [0.05, 0.1) is 12.4 Å². The Morgan fingerprint density at radius 3 is 2.60 bits per heavy atom. The van der Waals surface area contributed by atoms with Gasteiger partial charge < -0.3 is 4.74 Å². The molecule has 0 N–H and O–H groups in total. The Labute approximate surface area is 122 Å². The highest BCUT2D eigenvalue weighted by molar-refractivity contribution is 8.13. The van der Waals surface area contributed by atoms with Crippen LogP contribution in [0.5, 0.6) is 5.75 Å². The molecule has 1 atom stereocenters. The first-order valence-electron chi connectivity index (χ1n) is 5.98. The summed E-state index contributed by atoms with van der Waals surface area (Å²) in [5.74, 6) is -1.13. The van der Waals surface area contributed by atoms with E-state index in [1.165, 1.54) is 12.1 Å². The quantitative estimate of drug-likeness (QED) is 0.756. The van der Waals surface area contributed by atoms with Crippen molar-refractivity contribution in [1.29, 1.82) is 5.26 Å². The number of halogens is 2. The molecule has 1 aromatic carbocycles. The lowest BCUT2D eigenvalue weighted by Crippen LogP contribution is -2.24. The first kappa shape index (κ1) is 16.7. The van der Waals surface area contributed by atoms with Crippen LogP contribution in [0.15, 0.2) is 18.2 Å². The average Bonchev–Trinajstić information content (AvgIpc) is 2.32. The molecule has 0 heterocycles. The molecule has 1 unspecified atom stereocenters. The van der Waals surface area contributed by atoms with E-state index in [0.717, 1.165) is 6.07 Å². The number of ether oxygens (including phenoxy) is 1. The predicted octanol–water partition coefficient (Wildman–Crippen LogP) is 2.92. The van der Waals surface area contributed by atoms with Crippen molar-refractivity contribution in [1.82, 2.24) is 0 Å². The van der Waals surface area contributed by atoms with Crippen LogP contribution in [0.4, 0.5) is 4.39 Å². The van der Waals surface area contributed by atoms with Gasteiger partial charge in [0, 0.05) is 16.6 Å². The Morgan fingerprint density at radius 1 is 1.45 bits per heavy atom. The van der Waals surface area contributed by atoms with Crippen LogP contribution >= 0.6 is 10.7 Å². The molecule has 4 nitrogen and oxygen atoms in total. The second-order valence-electron chi connectivity index (χ2n) is 4.75. The lowest BCUT2D eigenvalue weighted by atomic mass is 9.99. The summed E-state index contributed by atoms with van der Waals surface area (Å²) in [6.07, 6.45) is 0. The number of nitrogens with zero attached hydrogens (tertiary/aromatic N) is 1. The Balaban J connectivity index is 2.84. The normalized spacial score (nSPS) is 13.0. The van der Waals surface area contributed by atoms with E-state index in [9.17, 15) is 12.8 Å². The molecular formula is C13H15ClFNO3S. The zero-order chi connectivity index (χ0) is 15.3. The summed E-state index contributed by atoms with van der Waals surface area (Å²) in [7, 11) is 1.60. The predicted molar refractivity (Wildman–Crippen MR) is 74.6 cm³/mol. The molecule has 110 valence electrons. The minimum absolute atomic E-state index is 0.0163. The summed E-state index contributed by atoms with van der Waals surface area (Å²) in [6.45, 7) is 3.72. The Morgan fingerprint density at radius 2 is 2.10 bits per heavy atom. The van der Waals surface area contributed by atoms with Gasteiger partial charge in [0.1, 0.15) is 23.2 Å². The van der Waals surface area contributed by atoms with Gasteiger partial charge in [-0.05, 0) is 18.1 Å². The Kier molecular flexibility index (Phi) is 5.78. The van der Waals surface area contributed by atoms with E-state index < -0.39 is 14.9 Å². The molecule has 0 aliphatic rings. The number of hydrogen-bond acceptors (Lipinski definition) is 4. The van der Waals surface area contributed by atoms with Gasteiger partial charge in [0.2, 0.25) is 9.05 Å². The van der Waals surface area contributed by atoms with E-state index in [1.807, 2.05) is 13.8 Å². The standard InChI is InChI=1S/C13H15ClFNO3S/c1-9(2)10(8-20(14,17)18)7-19-13-5-3-4-12(15)11(13)6-16/h3-5,9-10H,7-8H2,1-2H3. The summed E-state index contributed by atoms with van der Waals surface area (Å²) in [4.78, 5) is 0. The van der Waals surface area contributed by atoms with Gasteiger partial charge in [0.15, 0.2) is 0 Å². The van der Waals surface area contributed by atoms with Crippen molar-refractivity contribution < 1.29 is 17.5 Å². The minimum Gasteiger partial charge on any atom is -0.492 e. The molecule has 0 spiro atoms. The fraction of sp³-hybridized carbons (Fsp3) is 0.462.